The molecule has 0 aliphatic carbocycles. The molecule has 1 unspecified atom stereocenters. The van der Waals surface area contributed by atoms with Crippen molar-refractivity contribution < 1.29 is 24.3 Å². The first-order valence-corrected chi connectivity index (χ1v) is 13.3. The van der Waals surface area contributed by atoms with Crippen LogP contribution in [-0.2, 0) is 14.4 Å². The van der Waals surface area contributed by atoms with Crippen LogP contribution >= 0.6 is 0 Å². The summed E-state index contributed by atoms with van der Waals surface area (Å²) in [6, 6.07) is 29.4. The van der Waals surface area contributed by atoms with E-state index in [0.717, 1.165) is 21.9 Å². The molecule has 0 saturated heterocycles. The van der Waals surface area contributed by atoms with Gasteiger partial charge >= 0.3 is 12.0 Å². The molecule has 0 aliphatic heterocycles. The number of urea groups is 1. The highest BCUT2D eigenvalue weighted by Gasteiger charge is 2.19. The van der Waals surface area contributed by atoms with Gasteiger partial charge in [0.1, 0.15) is 0 Å². The van der Waals surface area contributed by atoms with Crippen molar-refractivity contribution in [3.05, 3.63) is 103 Å². The molecule has 0 bridgehead atoms. The second-order valence-electron chi connectivity index (χ2n) is 9.49. The van der Waals surface area contributed by atoms with E-state index in [0.29, 0.717) is 17.7 Å². The van der Waals surface area contributed by atoms with E-state index in [4.69, 9.17) is 0 Å². The second kappa shape index (κ2) is 14.3. The fourth-order valence-electron chi connectivity index (χ4n) is 4.43. The lowest BCUT2D eigenvalue weighted by atomic mass is 9.99. The number of nitrogens with one attached hydrogen (secondary N) is 4. The van der Waals surface area contributed by atoms with Crippen molar-refractivity contribution in [2.75, 3.05) is 18.4 Å². The maximum absolute atomic E-state index is 12.5. The second-order valence-corrected chi connectivity index (χ2v) is 9.49. The van der Waals surface area contributed by atoms with Gasteiger partial charge in [0, 0.05) is 18.4 Å². The van der Waals surface area contributed by atoms with E-state index in [1.807, 2.05) is 84.9 Å². The Morgan fingerprint density at radius 3 is 2.15 bits per heavy atom. The molecule has 41 heavy (non-hydrogen) atoms. The van der Waals surface area contributed by atoms with E-state index in [1.165, 1.54) is 0 Å². The first-order valence-electron chi connectivity index (χ1n) is 13.3. The number of hydrogen-bond acceptors (Lipinski definition) is 4. The quantitative estimate of drug-likeness (QED) is 0.160. The minimum atomic E-state index is -1.05. The number of carbonyl (C=O) groups is 4. The Labute approximate surface area is 238 Å². The Hall–Kier alpha value is -5.18. The number of carboxylic acids is 1. The standard InChI is InChI=1S/C32H32N4O5/c37-29(14-7-19-33-32(41)36-27-13-6-11-24-10-4-5-12-26(24)27)34-21-30(38)35-28(20-31(39)40)25-17-15-23(16-18-25)22-8-2-1-3-9-22/h1-6,8-13,15-18,28H,7,14,19-21H2,(H,34,37)(H,35,38)(H,39,40)(H2,33,36,41). The molecule has 4 amide bonds. The SMILES string of the molecule is O=C(O)CC(NC(=O)CNC(=O)CCCNC(=O)Nc1cccc2ccccc12)c1ccc(-c2ccccc2)cc1. The molecular formula is C32H32N4O5. The van der Waals surface area contributed by atoms with Crippen LogP contribution in [0.2, 0.25) is 0 Å². The van der Waals surface area contributed by atoms with Crippen molar-refractivity contribution in [3.63, 3.8) is 0 Å². The maximum Gasteiger partial charge on any atom is 0.319 e. The fraction of sp³-hybridized carbons (Fsp3) is 0.188. The highest BCUT2D eigenvalue weighted by atomic mass is 16.4. The van der Waals surface area contributed by atoms with E-state index >= 15 is 0 Å². The summed E-state index contributed by atoms with van der Waals surface area (Å²) in [6.45, 7) is -0.0120. The van der Waals surface area contributed by atoms with Gasteiger partial charge in [-0.1, -0.05) is 91.0 Å². The molecule has 4 aromatic carbocycles. The van der Waals surface area contributed by atoms with Crippen LogP contribution in [0.15, 0.2) is 97.1 Å². The number of benzene rings is 4. The predicted molar refractivity (Wildman–Crippen MR) is 158 cm³/mol. The van der Waals surface area contributed by atoms with E-state index in [9.17, 15) is 24.3 Å². The zero-order valence-electron chi connectivity index (χ0n) is 22.4. The minimum Gasteiger partial charge on any atom is -0.481 e. The molecule has 0 aromatic heterocycles. The van der Waals surface area contributed by atoms with Gasteiger partial charge in [0.2, 0.25) is 11.8 Å². The summed E-state index contributed by atoms with van der Waals surface area (Å²) in [6.07, 6.45) is 0.198. The Morgan fingerprint density at radius 1 is 0.707 bits per heavy atom. The van der Waals surface area contributed by atoms with E-state index in [-0.39, 0.29) is 37.9 Å². The zero-order chi connectivity index (χ0) is 29.0. The first kappa shape index (κ1) is 28.8. The number of anilines is 1. The van der Waals surface area contributed by atoms with Crippen molar-refractivity contribution in [2.45, 2.75) is 25.3 Å². The summed E-state index contributed by atoms with van der Waals surface area (Å²) in [5.41, 5.74) is 3.35. The van der Waals surface area contributed by atoms with Gasteiger partial charge in [0.25, 0.3) is 0 Å². The summed E-state index contributed by atoms with van der Waals surface area (Å²) in [5, 5.41) is 22.1. The molecule has 0 saturated carbocycles. The first-order chi connectivity index (χ1) is 19.9. The largest absolute Gasteiger partial charge is 0.481 e. The lowest BCUT2D eigenvalue weighted by Crippen LogP contribution is -2.39. The van der Waals surface area contributed by atoms with Gasteiger partial charge < -0.3 is 26.4 Å². The van der Waals surface area contributed by atoms with E-state index in [2.05, 4.69) is 21.3 Å². The van der Waals surface area contributed by atoms with Crippen molar-refractivity contribution >= 4 is 40.3 Å². The van der Waals surface area contributed by atoms with Crippen LogP contribution < -0.4 is 21.3 Å². The van der Waals surface area contributed by atoms with Gasteiger partial charge in [-0.05, 0) is 34.6 Å². The lowest BCUT2D eigenvalue weighted by Gasteiger charge is -2.18. The summed E-state index contributed by atoms with van der Waals surface area (Å²) in [5.74, 6) is -1.90. The smallest absolute Gasteiger partial charge is 0.319 e. The summed E-state index contributed by atoms with van der Waals surface area (Å²) in [7, 11) is 0. The number of carbonyl (C=O) groups excluding carboxylic acids is 3. The van der Waals surface area contributed by atoms with Crippen molar-refractivity contribution in [3.8, 4) is 11.1 Å². The van der Waals surface area contributed by atoms with Crippen LogP contribution in [0.4, 0.5) is 10.5 Å². The summed E-state index contributed by atoms with van der Waals surface area (Å²) < 4.78 is 0. The molecule has 5 N–H and O–H groups in total. The molecular weight excluding hydrogens is 520 g/mol. The number of carboxylic acid groups (broad SMARTS) is 1. The molecule has 0 fully saturated rings. The number of aliphatic carboxylic acids is 1. The van der Waals surface area contributed by atoms with Crippen LogP contribution in [0.25, 0.3) is 21.9 Å². The van der Waals surface area contributed by atoms with Crippen molar-refractivity contribution in [1.82, 2.24) is 16.0 Å². The van der Waals surface area contributed by atoms with E-state index in [1.54, 1.807) is 12.1 Å². The molecule has 0 spiro atoms. The molecule has 0 heterocycles. The number of hydrogen-bond donors (Lipinski definition) is 5. The third kappa shape index (κ3) is 8.66. The lowest BCUT2D eigenvalue weighted by molar-refractivity contribution is -0.138. The van der Waals surface area contributed by atoms with Gasteiger partial charge in [-0.25, -0.2) is 4.79 Å². The maximum atomic E-state index is 12.5. The van der Waals surface area contributed by atoms with Crippen LogP contribution in [0.3, 0.4) is 0 Å². The molecule has 210 valence electrons. The van der Waals surface area contributed by atoms with Crippen LogP contribution in [0.1, 0.15) is 30.9 Å². The van der Waals surface area contributed by atoms with Crippen molar-refractivity contribution in [1.29, 1.82) is 0 Å². The van der Waals surface area contributed by atoms with Gasteiger partial charge in [-0.15, -0.1) is 0 Å². The normalized spacial score (nSPS) is 11.3. The summed E-state index contributed by atoms with van der Waals surface area (Å²) in [4.78, 5) is 48.4. The molecule has 0 radical (unpaired) electrons. The van der Waals surface area contributed by atoms with Gasteiger partial charge in [0.05, 0.1) is 24.7 Å². The third-order valence-electron chi connectivity index (χ3n) is 6.48. The van der Waals surface area contributed by atoms with Crippen LogP contribution in [0.5, 0.6) is 0 Å². The topological polar surface area (TPSA) is 137 Å². The minimum absolute atomic E-state index is 0.112. The highest BCUT2D eigenvalue weighted by molar-refractivity contribution is 6.01. The predicted octanol–water partition coefficient (Wildman–Crippen LogP) is 4.86. The number of rotatable bonds is 12. The summed E-state index contributed by atoms with van der Waals surface area (Å²) >= 11 is 0. The Bertz CT molecular complexity index is 1500. The number of fused-ring (bicyclic) bond motifs is 1. The average Bonchev–Trinajstić information content (AvgIpc) is 2.98. The van der Waals surface area contributed by atoms with E-state index < -0.39 is 17.9 Å². The zero-order valence-corrected chi connectivity index (χ0v) is 22.4. The number of amides is 4. The Kier molecular flexibility index (Phi) is 10.0. The van der Waals surface area contributed by atoms with Crippen LogP contribution in [-0.4, -0.2) is 42.0 Å². The molecule has 4 rings (SSSR count). The van der Waals surface area contributed by atoms with Gasteiger partial charge in [0.15, 0.2) is 0 Å². The molecule has 9 heteroatoms. The molecule has 9 nitrogen and oxygen atoms in total. The third-order valence-corrected chi connectivity index (χ3v) is 6.48. The van der Waals surface area contributed by atoms with Gasteiger partial charge in [-0.3, -0.25) is 14.4 Å². The molecule has 0 aliphatic rings. The van der Waals surface area contributed by atoms with Crippen molar-refractivity contribution in [2.24, 2.45) is 0 Å². The molecule has 4 aromatic rings. The Balaban J connectivity index is 1.19. The average molecular weight is 553 g/mol. The fourth-order valence-corrected chi connectivity index (χ4v) is 4.43. The van der Waals surface area contributed by atoms with Gasteiger partial charge in [-0.2, -0.15) is 0 Å². The molecule has 1 atom stereocenters. The van der Waals surface area contributed by atoms with Crippen LogP contribution in [0, 0.1) is 0 Å². The Morgan fingerprint density at radius 2 is 1.39 bits per heavy atom. The highest BCUT2D eigenvalue weighted by Crippen LogP contribution is 2.24. The monoisotopic (exact) mass is 552 g/mol.